The fourth-order valence-corrected chi connectivity index (χ4v) is 1.96. The summed E-state index contributed by atoms with van der Waals surface area (Å²) in [5.74, 6) is -2.83. The molecule has 0 fully saturated rings. The van der Waals surface area contributed by atoms with Gasteiger partial charge in [-0.3, -0.25) is 9.59 Å². The van der Waals surface area contributed by atoms with E-state index in [1.165, 1.54) is 30.3 Å². The molecule has 4 nitrogen and oxygen atoms in total. The van der Waals surface area contributed by atoms with Crippen LogP contribution in [0.15, 0.2) is 48.5 Å². The van der Waals surface area contributed by atoms with Gasteiger partial charge in [0.1, 0.15) is 11.6 Å². The number of rotatable bonds is 5. The number of anilines is 1. The zero-order chi connectivity index (χ0) is 16.1. The van der Waals surface area contributed by atoms with E-state index in [1.807, 2.05) is 0 Å². The highest BCUT2D eigenvalue weighted by Gasteiger charge is 2.21. The van der Waals surface area contributed by atoms with Crippen LogP contribution in [0.3, 0.4) is 0 Å². The normalized spacial score (nSPS) is 10.3. The van der Waals surface area contributed by atoms with Gasteiger partial charge in [0.25, 0.3) is 5.91 Å². The first-order valence-corrected chi connectivity index (χ1v) is 6.53. The molecule has 0 bridgehead atoms. The number of nitrogens with zero attached hydrogens (tertiary/aromatic N) is 1. The molecule has 0 aliphatic carbocycles. The van der Waals surface area contributed by atoms with E-state index in [0.717, 1.165) is 17.0 Å². The van der Waals surface area contributed by atoms with Gasteiger partial charge in [-0.05, 0) is 36.4 Å². The first kappa shape index (κ1) is 15.6. The number of hydrogen-bond donors (Lipinski definition) is 1. The molecule has 6 heteroatoms. The van der Waals surface area contributed by atoms with E-state index in [4.69, 9.17) is 5.11 Å². The summed E-state index contributed by atoms with van der Waals surface area (Å²) in [6, 6.07) is 10.4. The van der Waals surface area contributed by atoms with Crippen LogP contribution < -0.4 is 4.90 Å². The number of carbonyl (C=O) groups excluding carboxylic acids is 1. The van der Waals surface area contributed by atoms with Crippen molar-refractivity contribution in [3.05, 3.63) is 65.7 Å². The molecule has 0 saturated heterocycles. The van der Waals surface area contributed by atoms with Crippen LogP contribution in [0, 0.1) is 11.6 Å². The third-order valence-electron chi connectivity index (χ3n) is 3.03. The summed E-state index contributed by atoms with van der Waals surface area (Å²) in [4.78, 5) is 24.2. The van der Waals surface area contributed by atoms with Crippen LogP contribution in [-0.4, -0.2) is 23.5 Å². The molecule has 0 atom stereocenters. The number of benzene rings is 2. The van der Waals surface area contributed by atoms with E-state index in [2.05, 4.69) is 0 Å². The molecule has 0 aromatic heterocycles. The van der Waals surface area contributed by atoms with Crippen molar-refractivity contribution >= 4 is 17.6 Å². The molecule has 0 saturated carbocycles. The highest BCUT2D eigenvalue weighted by Crippen LogP contribution is 2.21. The molecule has 0 heterocycles. The lowest BCUT2D eigenvalue weighted by Crippen LogP contribution is -2.33. The van der Waals surface area contributed by atoms with Crippen molar-refractivity contribution in [2.45, 2.75) is 6.42 Å². The Kier molecular flexibility index (Phi) is 4.83. The van der Waals surface area contributed by atoms with Crippen LogP contribution >= 0.6 is 0 Å². The lowest BCUT2D eigenvalue weighted by Gasteiger charge is -2.22. The molecule has 22 heavy (non-hydrogen) atoms. The summed E-state index contributed by atoms with van der Waals surface area (Å²) in [5.41, 5.74) is 0.133. The highest BCUT2D eigenvalue weighted by molar-refractivity contribution is 6.06. The smallest absolute Gasteiger partial charge is 0.305 e. The van der Waals surface area contributed by atoms with Crippen molar-refractivity contribution in [2.24, 2.45) is 0 Å². The summed E-state index contributed by atoms with van der Waals surface area (Å²) in [6.07, 6.45) is -0.332. The van der Waals surface area contributed by atoms with Crippen molar-refractivity contribution in [3.63, 3.8) is 0 Å². The maximum atomic E-state index is 13.9. The number of carbonyl (C=O) groups is 2. The molecule has 0 aliphatic rings. The van der Waals surface area contributed by atoms with Crippen molar-refractivity contribution in [3.8, 4) is 0 Å². The molecule has 2 rings (SSSR count). The molecule has 1 N–H and O–H groups in total. The Balaban J connectivity index is 2.35. The Bertz CT molecular complexity index is 686. The average molecular weight is 305 g/mol. The minimum Gasteiger partial charge on any atom is -0.481 e. The second-order valence-corrected chi connectivity index (χ2v) is 4.56. The Morgan fingerprint density at radius 1 is 1.00 bits per heavy atom. The van der Waals surface area contributed by atoms with Gasteiger partial charge in [-0.15, -0.1) is 0 Å². The van der Waals surface area contributed by atoms with E-state index in [1.54, 1.807) is 6.07 Å². The summed E-state index contributed by atoms with van der Waals surface area (Å²) >= 11 is 0. The highest BCUT2D eigenvalue weighted by atomic mass is 19.1. The number of aliphatic carboxylic acids is 1. The van der Waals surface area contributed by atoms with Gasteiger partial charge in [-0.2, -0.15) is 0 Å². The lowest BCUT2D eigenvalue weighted by atomic mass is 10.1. The predicted octanol–water partition coefficient (Wildman–Crippen LogP) is 3.09. The molecule has 0 unspecified atom stereocenters. The van der Waals surface area contributed by atoms with Crippen LogP contribution in [0.25, 0.3) is 0 Å². The lowest BCUT2D eigenvalue weighted by molar-refractivity contribution is -0.136. The Hall–Kier alpha value is -2.76. The van der Waals surface area contributed by atoms with E-state index in [-0.39, 0.29) is 24.2 Å². The maximum Gasteiger partial charge on any atom is 0.305 e. The maximum absolute atomic E-state index is 13.9. The van der Waals surface area contributed by atoms with E-state index in [9.17, 15) is 18.4 Å². The molecule has 1 amide bonds. The third kappa shape index (κ3) is 3.66. The standard InChI is InChI=1S/C16H13F2NO3/c17-12-7-5-11(6-8-12)16(22)19(10-9-15(20)21)14-4-2-1-3-13(14)18/h1-8H,9-10H2,(H,20,21). The van der Waals surface area contributed by atoms with Gasteiger partial charge in [0.05, 0.1) is 12.1 Å². The topological polar surface area (TPSA) is 57.6 Å². The van der Waals surface area contributed by atoms with Crippen molar-refractivity contribution in [1.29, 1.82) is 0 Å². The zero-order valence-electron chi connectivity index (χ0n) is 11.5. The number of halogens is 2. The van der Waals surface area contributed by atoms with Crippen LogP contribution in [0.1, 0.15) is 16.8 Å². The molecule has 114 valence electrons. The number of hydrogen-bond acceptors (Lipinski definition) is 2. The number of carboxylic acid groups (broad SMARTS) is 1. The molecular formula is C16H13F2NO3. The zero-order valence-corrected chi connectivity index (χ0v) is 11.5. The minimum absolute atomic E-state index is 0.0157. The Morgan fingerprint density at radius 2 is 1.64 bits per heavy atom. The predicted molar refractivity (Wildman–Crippen MR) is 76.7 cm³/mol. The molecule has 0 radical (unpaired) electrons. The van der Waals surface area contributed by atoms with E-state index in [0.29, 0.717) is 0 Å². The SMILES string of the molecule is O=C(O)CCN(C(=O)c1ccc(F)cc1)c1ccccc1F. The molecular weight excluding hydrogens is 292 g/mol. The largest absolute Gasteiger partial charge is 0.481 e. The fraction of sp³-hybridized carbons (Fsp3) is 0.125. The van der Waals surface area contributed by atoms with Gasteiger partial charge in [0.15, 0.2) is 0 Å². The van der Waals surface area contributed by atoms with Gasteiger partial charge < -0.3 is 10.0 Å². The van der Waals surface area contributed by atoms with Crippen molar-refractivity contribution in [1.82, 2.24) is 0 Å². The van der Waals surface area contributed by atoms with Gasteiger partial charge >= 0.3 is 5.97 Å². The number of amides is 1. The summed E-state index contributed by atoms with van der Waals surface area (Å²) in [7, 11) is 0. The minimum atomic E-state index is -1.10. The van der Waals surface area contributed by atoms with Crippen LogP contribution in [-0.2, 0) is 4.79 Å². The molecule has 2 aromatic carbocycles. The second-order valence-electron chi connectivity index (χ2n) is 4.56. The van der Waals surface area contributed by atoms with Crippen molar-refractivity contribution in [2.75, 3.05) is 11.4 Å². The summed E-state index contributed by atoms with van der Waals surface area (Å²) < 4.78 is 26.8. The Morgan fingerprint density at radius 3 is 2.23 bits per heavy atom. The van der Waals surface area contributed by atoms with Gasteiger partial charge in [0.2, 0.25) is 0 Å². The van der Waals surface area contributed by atoms with Gasteiger partial charge in [0, 0.05) is 12.1 Å². The van der Waals surface area contributed by atoms with Crippen LogP contribution in [0.5, 0.6) is 0 Å². The number of carboxylic acids is 1. The monoisotopic (exact) mass is 305 g/mol. The van der Waals surface area contributed by atoms with Gasteiger partial charge in [-0.1, -0.05) is 12.1 Å². The third-order valence-corrected chi connectivity index (χ3v) is 3.03. The van der Waals surface area contributed by atoms with Crippen LogP contribution in [0.2, 0.25) is 0 Å². The first-order valence-electron chi connectivity index (χ1n) is 6.53. The summed E-state index contributed by atoms with van der Waals surface area (Å²) in [5, 5.41) is 8.79. The van der Waals surface area contributed by atoms with E-state index >= 15 is 0 Å². The summed E-state index contributed by atoms with van der Waals surface area (Å²) in [6.45, 7) is -0.188. The Labute approximate surface area is 125 Å². The van der Waals surface area contributed by atoms with E-state index < -0.39 is 23.5 Å². The number of para-hydroxylation sites is 1. The second kappa shape index (κ2) is 6.80. The molecule has 0 spiro atoms. The average Bonchev–Trinajstić information content (AvgIpc) is 2.49. The van der Waals surface area contributed by atoms with Crippen molar-refractivity contribution < 1.29 is 23.5 Å². The first-order chi connectivity index (χ1) is 10.5. The molecule has 0 aliphatic heterocycles. The van der Waals surface area contributed by atoms with Gasteiger partial charge in [-0.25, -0.2) is 8.78 Å². The van der Waals surface area contributed by atoms with Crippen LogP contribution in [0.4, 0.5) is 14.5 Å². The fourth-order valence-electron chi connectivity index (χ4n) is 1.96. The quantitative estimate of drug-likeness (QED) is 0.923. The molecule has 2 aromatic rings.